The van der Waals surface area contributed by atoms with E-state index in [1.165, 1.54) is 0 Å². The maximum atomic E-state index is 8.50. The second-order valence-electron chi connectivity index (χ2n) is 4.88. The first-order chi connectivity index (χ1) is 9.99. The molecule has 0 aromatic carbocycles. The van der Waals surface area contributed by atoms with Crippen molar-refractivity contribution in [1.29, 1.82) is 0 Å². The van der Waals surface area contributed by atoms with Crippen LogP contribution in [0.5, 0.6) is 0 Å². The van der Waals surface area contributed by atoms with Crippen LogP contribution in [-0.4, -0.2) is 107 Å². The average Bonchev–Trinajstić information content (AvgIpc) is 3.43. The molecule has 0 spiro atoms. The highest BCUT2D eigenvalue weighted by molar-refractivity contribution is 4.75. The largest absolute Gasteiger partial charge is 0.396 e. The Morgan fingerprint density at radius 3 is 0.619 bits per heavy atom. The zero-order valence-electron chi connectivity index (χ0n) is 12.1. The highest BCUT2D eigenvalue weighted by atomic mass is 16.6. The lowest BCUT2D eigenvalue weighted by atomic mass is 9.93. The van der Waals surface area contributed by atoms with E-state index >= 15 is 0 Å². The average molecular weight is 316 g/mol. The van der Waals surface area contributed by atoms with Gasteiger partial charge in [-0.2, -0.15) is 0 Å². The van der Waals surface area contributed by atoms with Crippen LogP contribution in [0.4, 0.5) is 0 Å². The summed E-state index contributed by atoms with van der Waals surface area (Å²) in [6.45, 7) is -1.25. The summed E-state index contributed by atoms with van der Waals surface area (Å²) < 4.78 is 4.50. The first kappa shape index (κ1) is 22.9. The first-order valence-electron chi connectivity index (χ1n) is 6.44. The normalized spacial score (nSPS) is 13.7. The molecule has 0 aliphatic carbocycles. The summed E-state index contributed by atoms with van der Waals surface area (Å²) in [6.07, 6.45) is 0. The van der Waals surface area contributed by atoms with Gasteiger partial charge >= 0.3 is 0 Å². The Morgan fingerprint density at radius 2 is 0.619 bits per heavy atom. The highest BCUT2D eigenvalue weighted by Gasteiger charge is 2.27. The van der Waals surface area contributed by atoms with Crippen LogP contribution in [0, 0.1) is 10.8 Å². The van der Waals surface area contributed by atoms with Crippen molar-refractivity contribution in [2.45, 2.75) is 0 Å². The molecule has 0 aromatic rings. The third-order valence-electron chi connectivity index (χ3n) is 2.89. The Balaban J connectivity index is 0. The van der Waals surface area contributed by atoms with E-state index in [4.69, 9.17) is 40.9 Å². The van der Waals surface area contributed by atoms with Crippen molar-refractivity contribution in [3.05, 3.63) is 0 Å². The Kier molecular flexibility index (Phi) is 14.5. The van der Waals surface area contributed by atoms with Crippen LogP contribution in [0.1, 0.15) is 0 Å². The molecule has 1 rings (SSSR count). The number of rotatable bonds is 8. The first-order valence-corrected chi connectivity index (χ1v) is 6.44. The van der Waals surface area contributed by atoms with Crippen LogP contribution in [0.2, 0.25) is 0 Å². The molecule has 21 heavy (non-hydrogen) atoms. The number of ether oxygens (including phenoxy) is 1. The van der Waals surface area contributed by atoms with Gasteiger partial charge in [0.15, 0.2) is 0 Å². The van der Waals surface area contributed by atoms with Gasteiger partial charge in [0, 0.05) is 0 Å². The summed E-state index contributed by atoms with van der Waals surface area (Å²) in [7, 11) is 0. The minimum Gasteiger partial charge on any atom is -0.396 e. The molecule has 8 N–H and O–H groups in total. The van der Waals surface area contributed by atoms with Gasteiger partial charge in [0.1, 0.15) is 0 Å². The summed E-state index contributed by atoms with van der Waals surface area (Å²) in [6, 6.07) is 0. The van der Waals surface area contributed by atoms with Crippen molar-refractivity contribution in [2.75, 3.05) is 66.1 Å². The minimum absolute atomic E-state index is 0.406. The molecule has 0 unspecified atom stereocenters. The number of hydrogen-bond donors (Lipinski definition) is 8. The number of hydrogen-bond acceptors (Lipinski definition) is 9. The van der Waals surface area contributed by atoms with Crippen molar-refractivity contribution >= 4 is 0 Å². The van der Waals surface area contributed by atoms with Crippen LogP contribution in [0.3, 0.4) is 0 Å². The SMILES string of the molecule is C1CO1.OCC(CO)(CO)CO.OCC(CO)(CO)CO. The molecule has 1 heterocycles. The summed E-state index contributed by atoms with van der Waals surface area (Å²) in [5.41, 5.74) is -2.22. The second-order valence-corrected chi connectivity index (χ2v) is 4.88. The fourth-order valence-corrected chi connectivity index (χ4v) is 0.600. The van der Waals surface area contributed by atoms with E-state index in [0.29, 0.717) is 0 Å². The van der Waals surface area contributed by atoms with Gasteiger partial charge < -0.3 is 45.6 Å². The molecular weight excluding hydrogens is 288 g/mol. The molecule has 0 radical (unpaired) electrons. The standard InChI is InChI=1S/2C5H12O4.C2H4O/c2*6-1-5(2-7,3-8)4-9;1-2-3-1/h2*6-9H,1-4H2;1-2H2. The Hall–Kier alpha value is -0.360. The molecule has 9 nitrogen and oxygen atoms in total. The van der Waals surface area contributed by atoms with Gasteiger partial charge in [-0.1, -0.05) is 0 Å². The third-order valence-corrected chi connectivity index (χ3v) is 2.89. The van der Waals surface area contributed by atoms with Crippen LogP contribution < -0.4 is 0 Å². The smallest absolute Gasteiger partial charge is 0.0701 e. The fourth-order valence-electron chi connectivity index (χ4n) is 0.600. The molecule has 1 fully saturated rings. The fraction of sp³-hybridized carbons (Fsp3) is 1.00. The van der Waals surface area contributed by atoms with Crippen molar-refractivity contribution < 1.29 is 45.6 Å². The van der Waals surface area contributed by atoms with Gasteiger partial charge in [-0.15, -0.1) is 0 Å². The molecule has 1 aliphatic rings. The Morgan fingerprint density at radius 1 is 0.476 bits per heavy atom. The van der Waals surface area contributed by atoms with Crippen LogP contribution in [0.15, 0.2) is 0 Å². The van der Waals surface area contributed by atoms with Gasteiger partial charge in [0.05, 0.1) is 76.9 Å². The van der Waals surface area contributed by atoms with Crippen molar-refractivity contribution in [3.63, 3.8) is 0 Å². The number of epoxide rings is 1. The van der Waals surface area contributed by atoms with Gasteiger partial charge in [-0.3, -0.25) is 0 Å². The van der Waals surface area contributed by atoms with E-state index in [2.05, 4.69) is 4.74 Å². The number of aliphatic hydroxyl groups excluding tert-OH is 8. The predicted octanol–water partition coefficient (Wildman–Crippen LogP) is -4.10. The van der Waals surface area contributed by atoms with E-state index in [1.807, 2.05) is 0 Å². The highest BCUT2D eigenvalue weighted by Crippen LogP contribution is 2.12. The molecule has 0 amide bonds. The van der Waals surface area contributed by atoms with E-state index in [0.717, 1.165) is 13.2 Å². The van der Waals surface area contributed by atoms with Crippen molar-refractivity contribution in [3.8, 4) is 0 Å². The maximum absolute atomic E-state index is 8.50. The zero-order chi connectivity index (χ0) is 16.8. The summed E-state index contributed by atoms with van der Waals surface area (Å²) in [4.78, 5) is 0. The number of aliphatic hydroxyl groups is 8. The van der Waals surface area contributed by atoms with Crippen molar-refractivity contribution in [2.24, 2.45) is 10.8 Å². The second kappa shape index (κ2) is 13.3. The van der Waals surface area contributed by atoms with E-state index in [-0.39, 0.29) is 0 Å². The van der Waals surface area contributed by atoms with Gasteiger partial charge in [-0.25, -0.2) is 0 Å². The third kappa shape index (κ3) is 10.1. The Labute approximate surface area is 123 Å². The van der Waals surface area contributed by atoms with Crippen LogP contribution >= 0.6 is 0 Å². The predicted molar refractivity (Wildman–Crippen MR) is 72.4 cm³/mol. The lowest BCUT2D eigenvalue weighted by molar-refractivity contribution is -0.0332. The lowest BCUT2D eigenvalue weighted by Gasteiger charge is -2.23. The van der Waals surface area contributed by atoms with E-state index in [1.54, 1.807) is 0 Å². The molecular formula is C12H28O9. The molecule has 0 aromatic heterocycles. The molecule has 1 saturated heterocycles. The van der Waals surface area contributed by atoms with E-state index < -0.39 is 63.7 Å². The molecule has 0 bridgehead atoms. The lowest BCUT2D eigenvalue weighted by Crippen LogP contribution is -2.37. The van der Waals surface area contributed by atoms with Crippen LogP contribution in [0.25, 0.3) is 0 Å². The molecule has 9 heteroatoms. The van der Waals surface area contributed by atoms with E-state index in [9.17, 15) is 0 Å². The van der Waals surface area contributed by atoms with Gasteiger partial charge in [0.2, 0.25) is 0 Å². The topological polar surface area (TPSA) is 174 Å². The summed E-state index contributed by atoms with van der Waals surface area (Å²) in [5.74, 6) is 0. The monoisotopic (exact) mass is 316 g/mol. The molecule has 0 atom stereocenters. The minimum atomic E-state index is -1.11. The zero-order valence-corrected chi connectivity index (χ0v) is 12.1. The molecule has 0 saturated carbocycles. The van der Waals surface area contributed by atoms with Crippen molar-refractivity contribution in [1.82, 2.24) is 0 Å². The summed E-state index contributed by atoms with van der Waals surface area (Å²) in [5, 5.41) is 68.0. The Bertz CT molecular complexity index is 157. The van der Waals surface area contributed by atoms with Crippen LogP contribution in [-0.2, 0) is 4.74 Å². The molecule has 130 valence electrons. The van der Waals surface area contributed by atoms with Gasteiger partial charge in [0.25, 0.3) is 0 Å². The maximum Gasteiger partial charge on any atom is 0.0701 e. The molecule has 1 aliphatic heterocycles. The summed E-state index contributed by atoms with van der Waals surface area (Å²) >= 11 is 0. The quantitative estimate of drug-likeness (QED) is 0.207. The van der Waals surface area contributed by atoms with Gasteiger partial charge in [-0.05, 0) is 0 Å².